The first-order valence-corrected chi connectivity index (χ1v) is 7.23. The number of hydrogen-bond donors (Lipinski definition) is 1. The topological polar surface area (TPSA) is 46.2 Å². The Morgan fingerprint density at radius 1 is 1.24 bits per heavy atom. The van der Waals surface area contributed by atoms with Crippen LogP contribution >= 0.6 is 15.9 Å². The van der Waals surface area contributed by atoms with Crippen LogP contribution < -0.4 is 5.32 Å². The third kappa shape index (κ3) is 2.61. The number of hydrogen-bond acceptors (Lipinski definition) is 2. The standard InChI is InChI=1S/C16H11BrFNO2/c17-13-4-2-1-3-12(13)16(21)19-14-8-9-7-10(18)5-6-11(9)15(14)20/h1-7,14H,8H2,(H,19,21). The molecular formula is C16H11BrFNO2. The van der Waals surface area contributed by atoms with Gasteiger partial charge < -0.3 is 5.32 Å². The van der Waals surface area contributed by atoms with Crippen molar-refractivity contribution in [2.75, 3.05) is 0 Å². The van der Waals surface area contributed by atoms with Gasteiger partial charge in [0.2, 0.25) is 0 Å². The maximum Gasteiger partial charge on any atom is 0.253 e. The molecule has 0 bridgehead atoms. The lowest BCUT2D eigenvalue weighted by molar-refractivity contribution is 0.0867. The summed E-state index contributed by atoms with van der Waals surface area (Å²) in [7, 11) is 0. The number of carbonyl (C=O) groups is 2. The highest BCUT2D eigenvalue weighted by Crippen LogP contribution is 2.24. The lowest BCUT2D eigenvalue weighted by Gasteiger charge is -2.11. The molecule has 1 N–H and O–H groups in total. The van der Waals surface area contributed by atoms with Crippen LogP contribution in [0.1, 0.15) is 26.3 Å². The van der Waals surface area contributed by atoms with Gasteiger partial charge in [-0.3, -0.25) is 9.59 Å². The number of amides is 1. The van der Waals surface area contributed by atoms with E-state index in [1.165, 1.54) is 18.2 Å². The highest BCUT2D eigenvalue weighted by Gasteiger charge is 2.32. The average molecular weight is 348 g/mol. The molecule has 21 heavy (non-hydrogen) atoms. The van der Waals surface area contributed by atoms with E-state index in [-0.39, 0.29) is 17.5 Å². The first-order chi connectivity index (χ1) is 10.1. The Morgan fingerprint density at radius 3 is 2.76 bits per heavy atom. The molecule has 2 aromatic rings. The quantitative estimate of drug-likeness (QED) is 0.907. The normalized spacial score (nSPS) is 16.7. The summed E-state index contributed by atoms with van der Waals surface area (Å²) in [4.78, 5) is 24.4. The van der Waals surface area contributed by atoms with Crippen LogP contribution in [0.3, 0.4) is 0 Å². The lowest BCUT2D eigenvalue weighted by atomic mass is 10.1. The number of rotatable bonds is 2. The van der Waals surface area contributed by atoms with E-state index in [1.807, 2.05) is 0 Å². The molecule has 0 heterocycles. The Balaban J connectivity index is 1.80. The number of Topliss-reactive ketones (excluding diaryl/α,β-unsaturated/α-hetero) is 1. The number of benzene rings is 2. The fourth-order valence-corrected chi connectivity index (χ4v) is 2.93. The van der Waals surface area contributed by atoms with Crippen LogP contribution in [0.5, 0.6) is 0 Å². The third-order valence-electron chi connectivity index (χ3n) is 3.50. The highest BCUT2D eigenvalue weighted by molar-refractivity contribution is 9.10. The largest absolute Gasteiger partial charge is 0.341 e. The predicted molar refractivity (Wildman–Crippen MR) is 79.8 cm³/mol. The van der Waals surface area contributed by atoms with Gasteiger partial charge in [-0.1, -0.05) is 12.1 Å². The Bertz CT molecular complexity index is 745. The second-order valence-corrected chi connectivity index (χ2v) is 5.73. The fourth-order valence-electron chi connectivity index (χ4n) is 2.47. The van der Waals surface area contributed by atoms with Crippen LogP contribution in [0.4, 0.5) is 4.39 Å². The number of ketones is 1. The SMILES string of the molecule is O=C(NC1Cc2cc(F)ccc2C1=O)c1ccccc1Br. The summed E-state index contributed by atoms with van der Waals surface area (Å²) in [6.45, 7) is 0. The molecule has 3 rings (SSSR count). The minimum absolute atomic E-state index is 0.176. The first-order valence-electron chi connectivity index (χ1n) is 6.44. The predicted octanol–water partition coefficient (Wildman–Crippen LogP) is 3.13. The van der Waals surface area contributed by atoms with E-state index < -0.39 is 6.04 Å². The Kier molecular flexibility index (Phi) is 3.59. The maximum absolute atomic E-state index is 13.2. The number of carbonyl (C=O) groups excluding carboxylic acids is 2. The zero-order valence-electron chi connectivity index (χ0n) is 10.9. The smallest absolute Gasteiger partial charge is 0.253 e. The van der Waals surface area contributed by atoms with Crippen molar-refractivity contribution in [1.82, 2.24) is 5.32 Å². The summed E-state index contributed by atoms with van der Waals surface area (Å²) in [5, 5.41) is 2.71. The van der Waals surface area contributed by atoms with Gasteiger partial charge in [-0.2, -0.15) is 0 Å². The molecule has 0 spiro atoms. The number of halogens is 2. The van der Waals surface area contributed by atoms with Gasteiger partial charge >= 0.3 is 0 Å². The maximum atomic E-state index is 13.2. The van der Waals surface area contributed by atoms with Crippen molar-refractivity contribution in [3.63, 3.8) is 0 Å². The zero-order valence-corrected chi connectivity index (χ0v) is 12.5. The molecule has 2 aromatic carbocycles. The molecule has 0 saturated heterocycles. The minimum Gasteiger partial charge on any atom is -0.341 e. The molecule has 1 aliphatic carbocycles. The molecule has 0 aliphatic heterocycles. The van der Waals surface area contributed by atoms with E-state index in [0.717, 1.165) is 0 Å². The molecule has 3 nitrogen and oxygen atoms in total. The fraction of sp³-hybridized carbons (Fsp3) is 0.125. The summed E-state index contributed by atoms with van der Waals surface area (Å²) in [5.41, 5.74) is 1.58. The van der Waals surface area contributed by atoms with Crippen LogP contribution in [0.25, 0.3) is 0 Å². The van der Waals surface area contributed by atoms with Gasteiger partial charge in [-0.25, -0.2) is 4.39 Å². The first kappa shape index (κ1) is 13.9. The van der Waals surface area contributed by atoms with Crippen LogP contribution in [0, 0.1) is 5.82 Å². The van der Waals surface area contributed by atoms with Crippen molar-refractivity contribution in [1.29, 1.82) is 0 Å². The molecule has 1 atom stereocenters. The van der Waals surface area contributed by atoms with E-state index in [9.17, 15) is 14.0 Å². The number of nitrogens with one attached hydrogen (secondary N) is 1. The summed E-state index contributed by atoms with van der Waals surface area (Å²) >= 11 is 3.30. The molecule has 5 heteroatoms. The minimum atomic E-state index is -0.638. The van der Waals surface area contributed by atoms with Crippen molar-refractivity contribution in [3.05, 3.63) is 69.4 Å². The van der Waals surface area contributed by atoms with Gasteiger partial charge in [-0.15, -0.1) is 0 Å². The summed E-state index contributed by atoms with van der Waals surface area (Å²) in [6.07, 6.45) is 0.322. The van der Waals surface area contributed by atoms with Crippen molar-refractivity contribution in [2.24, 2.45) is 0 Å². The van der Waals surface area contributed by atoms with E-state index in [4.69, 9.17) is 0 Å². The molecule has 0 saturated carbocycles. The molecule has 1 unspecified atom stereocenters. The van der Waals surface area contributed by atoms with Gasteiger partial charge in [0.25, 0.3) is 5.91 Å². The molecule has 1 amide bonds. The molecule has 106 valence electrons. The van der Waals surface area contributed by atoms with Crippen molar-refractivity contribution >= 4 is 27.6 Å². The van der Waals surface area contributed by atoms with E-state index >= 15 is 0 Å². The lowest BCUT2D eigenvalue weighted by Crippen LogP contribution is -2.39. The Hall–Kier alpha value is -2.01. The Labute approximate surface area is 129 Å². The molecule has 1 aliphatic rings. The van der Waals surface area contributed by atoms with Crippen molar-refractivity contribution < 1.29 is 14.0 Å². The van der Waals surface area contributed by atoms with E-state index in [2.05, 4.69) is 21.2 Å². The van der Waals surface area contributed by atoms with Gasteiger partial charge in [-0.05, 0) is 51.8 Å². The van der Waals surface area contributed by atoms with Crippen LogP contribution in [0.15, 0.2) is 46.9 Å². The van der Waals surface area contributed by atoms with Crippen molar-refractivity contribution in [2.45, 2.75) is 12.5 Å². The molecule has 0 radical (unpaired) electrons. The number of fused-ring (bicyclic) bond motifs is 1. The summed E-state index contributed by atoms with van der Waals surface area (Å²) in [5.74, 6) is -0.876. The van der Waals surface area contributed by atoms with Crippen LogP contribution in [-0.2, 0) is 6.42 Å². The summed E-state index contributed by atoms with van der Waals surface area (Å²) in [6, 6.07) is 10.4. The third-order valence-corrected chi connectivity index (χ3v) is 4.19. The van der Waals surface area contributed by atoms with Gasteiger partial charge in [0.15, 0.2) is 5.78 Å². The second kappa shape index (κ2) is 5.41. The highest BCUT2D eigenvalue weighted by atomic mass is 79.9. The van der Waals surface area contributed by atoms with Gasteiger partial charge in [0.05, 0.1) is 11.6 Å². The molecule has 0 aromatic heterocycles. The second-order valence-electron chi connectivity index (χ2n) is 4.88. The van der Waals surface area contributed by atoms with Crippen molar-refractivity contribution in [3.8, 4) is 0 Å². The van der Waals surface area contributed by atoms with E-state index in [1.54, 1.807) is 24.3 Å². The van der Waals surface area contributed by atoms with E-state index in [0.29, 0.717) is 27.6 Å². The monoisotopic (exact) mass is 347 g/mol. The summed E-state index contributed by atoms with van der Waals surface area (Å²) < 4.78 is 13.9. The van der Waals surface area contributed by atoms with Crippen LogP contribution in [0.2, 0.25) is 0 Å². The molecular weight excluding hydrogens is 337 g/mol. The van der Waals surface area contributed by atoms with Gasteiger partial charge in [0.1, 0.15) is 5.82 Å². The van der Waals surface area contributed by atoms with Gasteiger partial charge in [0, 0.05) is 16.5 Å². The van der Waals surface area contributed by atoms with Crippen LogP contribution in [-0.4, -0.2) is 17.7 Å². The Morgan fingerprint density at radius 2 is 2.00 bits per heavy atom. The molecule has 0 fully saturated rings. The average Bonchev–Trinajstić information content (AvgIpc) is 2.75. The zero-order chi connectivity index (χ0) is 15.0.